The van der Waals surface area contributed by atoms with Gasteiger partial charge >= 0.3 is 5.97 Å². The van der Waals surface area contributed by atoms with Crippen molar-refractivity contribution in [1.29, 1.82) is 0 Å². The van der Waals surface area contributed by atoms with E-state index < -0.39 is 0 Å². The van der Waals surface area contributed by atoms with Gasteiger partial charge in [-0.15, -0.1) is 0 Å². The zero-order valence-electron chi connectivity index (χ0n) is 13.2. The van der Waals surface area contributed by atoms with Crippen molar-refractivity contribution in [1.82, 2.24) is 0 Å². The lowest BCUT2D eigenvalue weighted by molar-refractivity contribution is -0.144. The highest BCUT2D eigenvalue weighted by molar-refractivity contribution is 5.86. The van der Waals surface area contributed by atoms with Crippen molar-refractivity contribution in [2.75, 3.05) is 6.61 Å². The molecule has 0 aromatic heterocycles. The lowest BCUT2D eigenvalue weighted by atomic mass is 9.65. The van der Waals surface area contributed by atoms with Crippen LogP contribution in [0.3, 0.4) is 0 Å². The van der Waals surface area contributed by atoms with Gasteiger partial charge in [-0.05, 0) is 43.9 Å². The maximum Gasteiger partial charge on any atom is 0.333 e. The molecule has 112 valence electrons. The molecule has 0 radical (unpaired) electrons. The summed E-state index contributed by atoms with van der Waals surface area (Å²) in [5.74, 6) is 1.74. The third-order valence-corrected chi connectivity index (χ3v) is 5.46. The highest BCUT2D eigenvalue weighted by atomic mass is 16.5. The molecule has 0 spiro atoms. The first-order chi connectivity index (χ1) is 9.55. The van der Waals surface area contributed by atoms with E-state index in [-0.39, 0.29) is 11.4 Å². The lowest BCUT2D eigenvalue weighted by Crippen LogP contribution is -2.39. The highest BCUT2D eigenvalue weighted by Gasteiger charge is 2.54. The molecule has 4 unspecified atom stereocenters. The van der Waals surface area contributed by atoms with Crippen LogP contribution in [0.15, 0.2) is 24.3 Å². The minimum atomic E-state index is -0.237. The van der Waals surface area contributed by atoms with E-state index in [1.807, 2.05) is 0 Å². The van der Waals surface area contributed by atoms with Crippen LogP contribution in [-0.4, -0.2) is 12.6 Å². The van der Waals surface area contributed by atoms with Gasteiger partial charge in [0.2, 0.25) is 0 Å². The van der Waals surface area contributed by atoms with Gasteiger partial charge in [0.15, 0.2) is 0 Å². The normalized spacial score (nSPS) is 34.5. The van der Waals surface area contributed by atoms with Gasteiger partial charge in [-0.3, -0.25) is 0 Å². The first kappa shape index (κ1) is 15.3. The van der Waals surface area contributed by atoms with E-state index in [9.17, 15) is 4.79 Å². The quantitative estimate of drug-likeness (QED) is 0.388. The molecule has 1 fully saturated rings. The number of rotatable bonds is 7. The number of fused-ring (bicyclic) bond motifs is 2. The molecule has 0 N–H and O–H groups in total. The van der Waals surface area contributed by atoms with E-state index in [2.05, 4.69) is 32.6 Å². The van der Waals surface area contributed by atoms with Gasteiger partial charge in [0.1, 0.15) is 0 Å². The highest BCUT2D eigenvalue weighted by Crippen LogP contribution is 2.59. The Kier molecular flexibility index (Phi) is 4.72. The first-order valence-electron chi connectivity index (χ1n) is 8.06. The minimum absolute atomic E-state index is 0.166. The Morgan fingerprint density at radius 1 is 1.40 bits per heavy atom. The number of esters is 1. The van der Waals surface area contributed by atoms with E-state index in [4.69, 9.17) is 4.74 Å². The fourth-order valence-corrected chi connectivity index (χ4v) is 4.24. The number of ether oxygens (including phenoxy) is 1. The first-order valence-corrected chi connectivity index (χ1v) is 8.06. The third-order valence-electron chi connectivity index (χ3n) is 5.46. The summed E-state index contributed by atoms with van der Waals surface area (Å²) in [5, 5.41) is 0. The van der Waals surface area contributed by atoms with Crippen LogP contribution in [0, 0.1) is 23.2 Å². The van der Waals surface area contributed by atoms with Crippen molar-refractivity contribution in [2.45, 2.75) is 52.9 Å². The van der Waals surface area contributed by atoms with Crippen LogP contribution in [0.2, 0.25) is 0 Å². The predicted molar refractivity (Wildman–Crippen MR) is 82.2 cm³/mol. The van der Waals surface area contributed by atoms with Gasteiger partial charge < -0.3 is 4.74 Å². The average Bonchev–Trinajstić information content (AvgIpc) is 3.02. The van der Waals surface area contributed by atoms with Crippen LogP contribution < -0.4 is 0 Å². The Bertz CT molecular complexity index is 410. The molecule has 0 heterocycles. The molecule has 0 aliphatic heterocycles. The van der Waals surface area contributed by atoms with Crippen LogP contribution in [0.25, 0.3) is 0 Å². The van der Waals surface area contributed by atoms with Crippen molar-refractivity contribution < 1.29 is 9.53 Å². The summed E-state index contributed by atoms with van der Waals surface area (Å²) < 4.78 is 5.57. The molecule has 2 nitrogen and oxygen atoms in total. The Morgan fingerprint density at radius 3 is 2.75 bits per heavy atom. The Hall–Kier alpha value is -1.05. The van der Waals surface area contributed by atoms with E-state index in [1.165, 1.54) is 25.7 Å². The molecule has 20 heavy (non-hydrogen) atoms. The third kappa shape index (κ3) is 2.57. The average molecular weight is 276 g/mol. The second-order valence-electron chi connectivity index (χ2n) is 6.58. The van der Waals surface area contributed by atoms with Crippen LogP contribution in [0.5, 0.6) is 0 Å². The summed E-state index contributed by atoms with van der Waals surface area (Å²) in [6.07, 6.45) is 10.9. The molecule has 0 saturated heterocycles. The zero-order valence-corrected chi connectivity index (χ0v) is 13.2. The zero-order chi connectivity index (χ0) is 14.8. The summed E-state index contributed by atoms with van der Waals surface area (Å²) in [6, 6.07) is 0. The molecule has 4 atom stereocenters. The van der Waals surface area contributed by atoms with E-state index in [1.54, 1.807) is 6.92 Å². The standard InChI is InChI=1S/C18H28O2/c1-5-7-8-16-14-9-10-15(11-14)18(16,6-2)12-20-17(19)13(3)4/h9-10,14-16H,3,5-8,11-12H2,1-2,4H3. The molecule has 1 saturated carbocycles. The summed E-state index contributed by atoms with van der Waals surface area (Å²) in [7, 11) is 0. The number of carbonyl (C=O) groups is 1. The van der Waals surface area contributed by atoms with E-state index >= 15 is 0 Å². The van der Waals surface area contributed by atoms with Crippen LogP contribution in [-0.2, 0) is 9.53 Å². The van der Waals surface area contributed by atoms with Crippen LogP contribution in [0.4, 0.5) is 0 Å². The number of unbranched alkanes of at least 4 members (excludes halogenated alkanes) is 1. The number of hydrogen-bond acceptors (Lipinski definition) is 2. The smallest absolute Gasteiger partial charge is 0.333 e. The molecule has 0 aromatic carbocycles. The number of hydrogen-bond donors (Lipinski definition) is 0. The van der Waals surface area contributed by atoms with E-state index in [0.717, 1.165) is 6.42 Å². The largest absolute Gasteiger partial charge is 0.462 e. The second kappa shape index (κ2) is 6.15. The summed E-state index contributed by atoms with van der Waals surface area (Å²) >= 11 is 0. The summed E-state index contributed by atoms with van der Waals surface area (Å²) in [5.41, 5.74) is 0.666. The van der Waals surface area contributed by atoms with Gasteiger partial charge in [0, 0.05) is 11.0 Å². The number of carbonyl (C=O) groups excluding carboxylic acids is 1. The molecule has 2 bridgehead atoms. The molecule has 2 aliphatic rings. The lowest BCUT2D eigenvalue weighted by Gasteiger charge is -2.41. The van der Waals surface area contributed by atoms with Crippen LogP contribution in [0.1, 0.15) is 52.9 Å². The van der Waals surface area contributed by atoms with Crippen LogP contribution >= 0.6 is 0 Å². The van der Waals surface area contributed by atoms with Crippen molar-refractivity contribution in [3.8, 4) is 0 Å². The topological polar surface area (TPSA) is 26.3 Å². The fraction of sp³-hybridized carbons (Fsp3) is 0.722. The number of allylic oxidation sites excluding steroid dienone is 2. The van der Waals surface area contributed by atoms with E-state index in [0.29, 0.717) is 29.9 Å². The van der Waals surface area contributed by atoms with Gasteiger partial charge in [0.05, 0.1) is 6.61 Å². The predicted octanol–water partition coefficient (Wildman–Crippen LogP) is 4.51. The maximum atomic E-state index is 11.7. The van der Waals surface area contributed by atoms with Gasteiger partial charge in [0.25, 0.3) is 0 Å². The molecular weight excluding hydrogens is 248 g/mol. The SMILES string of the molecule is C=C(C)C(=O)OCC1(CC)C2C=CC(C2)C1CCCC. The molecule has 0 aromatic rings. The van der Waals surface area contributed by atoms with Gasteiger partial charge in [-0.1, -0.05) is 45.4 Å². The fourth-order valence-electron chi connectivity index (χ4n) is 4.24. The summed E-state index contributed by atoms with van der Waals surface area (Å²) in [6.45, 7) is 10.5. The van der Waals surface area contributed by atoms with Crippen molar-refractivity contribution in [2.24, 2.45) is 23.2 Å². The summed E-state index contributed by atoms with van der Waals surface area (Å²) in [4.78, 5) is 11.7. The maximum absolute atomic E-state index is 11.7. The van der Waals surface area contributed by atoms with Crippen molar-refractivity contribution >= 4 is 5.97 Å². The molecule has 2 rings (SSSR count). The molecule has 2 heteroatoms. The van der Waals surface area contributed by atoms with Gasteiger partial charge in [-0.2, -0.15) is 0 Å². The molecule has 0 amide bonds. The Labute approximate surface area is 123 Å². The van der Waals surface area contributed by atoms with Crippen molar-refractivity contribution in [3.05, 3.63) is 24.3 Å². The van der Waals surface area contributed by atoms with Crippen molar-refractivity contribution in [3.63, 3.8) is 0 Å². The Morgan fingerprint density at radius 2 is 2.15 bits per heavy atom. The Balaban J connectivity index is 2.11. The molecule has 2 aliphatic carbocycles. The molecular formula is C18H28O2. The second-order valence-corrected chi connectivity index (χ2v) is 6.58. The van der Waals surface area contributed by atoms with Gasteiger partial charge in [-0.25, -0.2) is 4.79 Å². The minimum Gasteiger partial charge on any atom is -0.462 e. The monoisotopic (exact) mass is 276 g/mol.